The Labute approximate surface area is 126 Å². The summed E-state index contributed by atoms with van der Waals surface area (Å²) in [4.78, 5) is 4.01. The van der Waals surface area contributed by atoms with Crippen LogP contribution in [0.5, 0.6) is 0 Å². The van der Waals surface area contributed by atoms with Gasteiger partial charge < -0.3 is 14.5 Å². The number of ether oxygens (including phenoxy) is 1. The van der Waals surface area contributed by atoms with Gasteiger partial charge in [0.1, 0.15) is 18.1 Å². The second kappa shape index (κ2) is 9.32. The van der Waals surface area contributed by atoms with E-state index in [-0.39, 0.29) is 0 Å². The molecule has 0 aliphatic heterocycles. The quantitative estimate of drug-likeness (QED) is 0.681. The van der Waals surface area contributed by atoms with E-state index >= 15 is 0 Å². The molecule has 2 aromatic rings. The lowest BCUT2D eigenvalue weighted by Crippen LogP contribution is -2.13. The summed E-state index contributed by atoms with van der Waals surface area (Å²) in [5.41, 5.74) is 1.30. The van der Waals surface area contributed by atoms with Gasteiger partial charge in [0, 0.05) is 19.0 Å². The molecule has 4 heteroatoms. The molecule has 114 valence electrons. The highest BCUT2D eigenvalue weighted by molar-refractivity contribution is 5.09. The van der Waals surface area contributed by atoms with Gasteiger partial charge in [-0.15, -0.1) is 0 Å². The van der Waals surface area contributed by atoms with Crippen LogP contribution in [0.25, 0.3) is 0 Å². The van der Waals surface area contributed by atoms with Gasteiger partial charge in [0.05, 0.1) is 6.54 Å². The SMILES string of the molecule is CCCNCc1ccc(COCCCc2ccncc2)o1. The van der Waals surface area contributed by atoms with Crippen molar-refractivity contribution in [2.24, 2.45) is 0 Å². The maximum Gasteiger partial charge on any atom is 0.129 e. The third-order valence-corrected chi connectivity index (χ3v) is 3.19. The van der Waals surface area contributed by atoms with E-state index < -0.39 is 0 Å². The molecule has 0 atom stereocenters. The lowest BCUT2D eigenvalue weighted by molar-refractivity contribution is 0.103. The van der Waals surface area contributed by atoms with E-state index in [2.05, 4.69) is 17.2 Å². The Bertz CT molecular complexity index is 497. The number of furan rings is 1. The largest absolute Gasteiger partial charge is 0.462 e. The maximum absolute atomic E-state index is 5.70. The molecule has 21 heavy (non-hydrogen) atoms. The summed E-state index contributed by atoms with van der Waals surface area (Å²) in [7, 11) is 0. The fourth-order valence-electron chi connectivity index (χ4n) is 2.08. The van der Waals surface area contributed by atoms with Crippen molar-refractivity contribution in [3.05, 3.63) is 53.7 Å². The van der Waals surface area contributed by atoms with E-state index in [1.165, 1.54) is 5.56 Å². The van der Waals surface area contributed by atoms with Crippen LogP contribution in [0.2, 0.25) is 0 Å². The Balaban J connectivity index is 1.58. The van der Waals surface area contributed by atoms with Crippen LogP contribution in [-0.2, 0) is 24.3 Å². The zero-order chi connectivity index (χ0) is 14.8. The number of pyridine rings is 1. The number of nitrogens with zero attached hydrogens (tertiary/aromatic N) is 1. The number of aromatic nitrogens is 1. The number of aryl methyl sites for hydroxylation is 1. The standard InChI is InChI=1S/C17H24N2O2/c1-2-9-19-13-16-5-6-17(21-16)14-20-12-3-4-15-7-10-18-11-8-15/h5-8,10-11,19H,2-4,9,12-14H2,1H3. The third-order valence-electron chi connectivity index (χ3n) is 3.19. The second-order valence-electron chi connectivity index (χ2n) is 5.06. The summed E-state index contributed by atoms with van der Waals surface area (Å²) in [5.74, 6) is 1.87. The molecule has 0 spiro atoms. The minimum atomic E-state index is 0.546. The molecule has 1 N–H and O–H groups in total. The Morgan fingerprint density at radius 1 is 1.14 bits per heavy atom. The van der Waals surface area contributed by atoms with Crippen molar-refractivity contribution >= 4 is 0 Å². The average Bonchev–Trinajstić information content (AvgIpc) is 2.96. The molecule has 0 unspecified atom stereocenters. The zero-order valence-corrected chi connectivity index (χ0v) is 12.7. The van der Waals surface area contributed by atoms with E-state index in [1.54, 1.807) is 0 Å². The van der Waals surface area contributed by atoms with E-state index in [9.17, 15) is 0 Å². The molecule has 2 rings (SSSR count). The van der Waals surface area contributed by atoms with Gasteiger partial charge in [0.15, 0.2) is 0 Å². The number of hydrogen-bond acceptors (Lipinski definition) is 4. The molecule has 4 nitrogen and oxygen atoms in total. The second-order valence-corrected chi connectivity index (χ2v) is 5.06. The molecular formula is C17H24N2O2. The summed E-state index contributed by atoms with van der Waals surface area (Å²) in [6, 6.07) is 8.09. The highest BCUT2D eigenvalue weighted by Crippen LogP contribution is 2.09. The summed E-state index contributed by atoms with van der Waals surface area (Å²) < 4.78 is 11.3. The number of hydrogen-bond donors (Lipinski definition) is 1. The molecule has 0 saturated carbocycles. The van der Waals surface area contributed by atoms with Crippen LogP contribution in [0.15, 0.2) is 41.1 Å². The van der Waals surface area contributed by atoms with Gasteiger partial charge in [-0.05, 0) is 55.6 Å². The van der Waals surface area contributed by atoms with Gasteiger partial charge >= 0.3 is 0 Å². The van der Waals surface area contributed by atoms with Crippen molar-refractivity contribution in [2.45, 2.75) is 39.3 Å². The van der Waals surface area contributed by atoms with Crippen molar-refractivity contribution in [1.82, 2.24) is 10.3 Å². The van der Waals surface area contributed by atoms with Crippen molar-refractivity contribution in [1.29, 1.82) is 0 Å². The van der Waals surface area contributed by atoms with Gasteiger partial charge in [-0.3, -0.25) is 4.98 Å². The van der Waals surface area contributed by atoms with Crippen molar-refractivity contribution in [3.8, 4) is 0 Å². The van der Waals surface area contributed by atoms with Crippen LogP contribution < -0.4 is 5.32 Å². The summed E-state index contributed by atoms with van der Waals surface area (Å²) in [6.45, 7) is 5.24. The van der Waals surface area contributed by atoms with Crippen molar-refractivity contribution in [2.75, 3.05) is 13.2 Å². The first kappa shape index (κ1) is 15.7. The molecule has 0 saturated heterocycles. The summed E-state index contributed by atoms with van der Waals surface area (Å²) in [5, 5.41) is 3.32. The zero-order valence-electron chi connectivity index (χ0n) is 12.7. The summed E-state index contributed by atoms with van der Waals surface area (Å²) >= 11 is 0. The van der Waals surface area contributed by atoms with E-state index in [1.807, 2.05) is 36.7 Å². The molecule has 0 aliphatic rings. The smallest absolute Gasteiger partial charge is 0.129 e. The third kappa shape index (κ3) is 6.10. The van der Waals surface area contributed by atoms with Crippen molar-refractivity contribution < 1.29 is 9.15 Å². The van der Waals surface area contributed by atoms with E-state index in [4.69, 9.17) is 9.15 Å². The Kier molecular flexibility index (Phi) is 6.98. The fraction of sp³-hybridized carbons (Fsp3) is 0.471. The van der Waals surface area contributed by atoms with Gasteiger partial charge in [0.2, 0.25) is 0 Å². The minimum Gasteiger partial charge on any atom is -0.462 e. The monoisotopic (exact) mass is 288 g/mol. The van der Waals surface area contributed by atoms with Gasteiger partial charge in [-0.25, -0.2) is 0 Å². The van der Waals surface area contributed by atoms with E-state index in [0.717, 1.165) is 50.5 Å². The van der Waals surface area contributed by atoms with Crippen LogP contribution in [0.4, 0.5) is 0 Å². The maximum atomic E-state index is 5.70. The molecule has 0 aliphatic carbocycles. The molecule has 2 aromatic heterocycles. The average molecular weight is 288 g/mol. The summed E-state index contributed by atoms with van der Waals surface area (Å²) in [6.07, 6.45) is 6.82. The number of rotatable bonds is 10. The van der Waals surface area contributed by atoms with Crippen LogP contribution in [0, 0.1) is 0 Å². The highest BCUT2D eigenvalue weighted by atomic mass is 16.5. The Morgan fingerprint density at radius 3 is 2.76 bits per heavy atom. The molecule has 0 radical (unpaired) electrons. The first-order valence-corrected chi connectivity index (χ1v) is 7.63. The molecule has 0 aromatic carbocycles. The Hall–Kier alpha value is -1.65. The van der Waals surface area contributed by atoms with Crippen LogP contribution >= 0.6 is 0 Å². The fourth-order valence-corrected chi connectivity index (χ4v) is 2.08. The van der Waals surface area contributed by atoms with Crippen LogP contribution in [-0.4, -0.2) is 18.1 Å². The lowest BCUT2D eigenvalue weighted by Gasteiger charge is -2.03. The highest BCUT2D eigenvalue weighted by Gasteiger charge is 2.02. The molecule has 0 bridgehead atoms. The topological polar surface area (TPSA) is 47.3 Å². The van der Waals surface area contributed by atoms with Gasteiger partial charge in [-0.1, -0.05) is 6.92 Å². The minimum absolute atomic E-state index is 0.546. The van der Waals surface area contributed by atoms with Gasteiger partial charge in [0.25, 0.3) is 0 Å². The molecule has 0 fully saturated rings. The first-order valence-electron chi connectivity index (χ1n) is 7.63. The molecule has 2 heterocycles. The predicted molar refractivity (Wildman–Crippen MR) is 82.9 cm³/mol. The van der Waals surface area contributed by atoms with Crippen LogP contribution in [0.1, 0.15) is 36.8 Å². The normalized spacial score (nSPS) is 10.9. The van der Waals surface area contributed by atoms with E-state index in [0.29, 0.717) is 6.61 Å². The number of nitrogens with one attached hydrogen (secondary N) is 1. The van der Waals surface area contributed by atoms with Gasteiger partial charge in [-0.2, -0.15) is 0 Å². The predicted octanol–water partition coefficient (Wildman–Crippen LogP) is 3.32. The lowest BCUT2D eigenvalue weighted by atomic mass is 10.1. The van der Waals surface area contributed by atoms with Crippen molar-refractivity contribution in [3.63, 3.8) is 0 Å². The molecule has 0 amide bonds. The van der Waals surface area contributed by atoms with Crippen LogP contribution in [0.3, 0.4) is 0 Å². The Morgan fingerprint density at radius 2 is 1.95 bits per heavy atom. The molecular weight excluding hydrogens is 264 g/mol. The first-order chi connectivity index (χ1) is 10.4.